The molecule has 1 aliphatic carbocycles. The molecule has 1 atom stereocenters. The van der Waals surface area contributed by atoms with E-state index in [0.29, 0.717) is 6.04 Å². The maximum absolute atomic E-state index is 5.87. The molecule has 0 heterocycles. The van der Waals surface area contributed by atoms with Crippen LogP contribution in [0.4, 0.5) is 0 Å². The Balaban J connectivity index is 1.96. The lowest BCUT2D eigenvalue weighted by Gasteiger charge is -2.17. The van der Waals surface area contributed by atoms with Gasteiger partial charge in [-0.25, -0.2) is 0 Å². The molecule has 3 heteroatoms. The lowest BCUT2D eigenvalue weighted by Crippen LogP contribution is -2.25. The molecule has 0 bridgehead atoms. The molecule has 1 unspecified atom stereocenters. The van der Waals surface area contributed by atoms with Gasteiger partial charge in [0, 0.05) is 12.6 Å². The summed E-state index contributed by atoms with van der Waals surface area (Å²) in [4.78, 5) is 0. The van der Waals surface area contributed by atoms with Crippen molar-refractivity contribution in [3.05, 3.63) is 23.8 Å². The molecule has 0 amide bonds. The molecule has 1 N–H and O–H groups in total. The van der Waals surface area contributed by atoms with E-state index in [1.165, 1.54) is 31.2 Å². The molecule has 1 aromatic rings. The summed E-state index contributed by atoms with van der Waals surface area (Å²) in [7, 11) is 1.70. The summed E-state index contributed by atoms with van der Waals surface area (Å²) < 4.78 is 11.3. The van der Waals surface area contributed by atoms with Gasteiger partial charge in [0.25, 0.3) is 0 Å². The van der Waals surface area contributed by atoms with E-state index in [1.807, 2.05) is 6.07 Å². The topological polar surface area (TPSA) is 30.5 Å². The van der Waals surface area contributed by atoms with Crippen LogP contribution in [0.3, 0.4) is 0 Å². The van der Waals surface area contributed by atoms with Crippen molar-refractivity contribution in [1.82, 2.24) is 5.32 Å². The highest BCUT2D eigenvalue weighted by Crippen LogP contribution is 2.29. The van der Waals surface area contributed by atoms with E-state index in [9.17, 15) is 0 Å². The second-order valence-electron chi connectivity index (χ2n) is 5.68. The molecule has 0 aromatic heterocycles. The fourth-order valence-corrected chi connectivity index (χ4v) is 2.61. The van der Waals surface area contributed by atoms with Crippen LogP contribution in [0.2, 0.25) is 0 Å². The minimum absolute atomic E-state index is 0.214. The minimum Gasteiger partial charge on any atom is -0.493 e. The van der Waals surface area contributed by atoms with Gasteiger partial charge in [-0.15, -0.1) is 0 Å². The van der Waals surface area contributed by atoms with Gasteiger partial charge in [-0.3, -0.25) is 0 Å². The number of hydrogen-bond donors (Lipinski definition) is 1. The number of benzene rings is 1. The van der Waals surface area contributed by atoms with Crippen molar-refractivity contribution in [2.45, 2.75) is 64.6 Å². The SMILES string of the molecule is CCC(C)Oc1ccc(CNC2CCCC2)cc1OC. The summed E-state index contributed by atoms with van der Waals surface area (Å²) in [5.41, 5.74) is 1.25. The fraction of sp³-hybridized carbons (Fsp3) is 0.647. The van der Waals surface area contributed by atoms with Crippen LogP contribution in [0.1, 0.15) is 51.5 Å². The zero-order valence-corrected chi connectivity index (χ0v) is 12.9. The van der Waals surface area contributed by atoms with Crippen LogP contribution in [0.25, 0.3) is 0 Å². The van der Waals surface area contributed by atoms with Gasteiger partial charge in [0.2, 0.25) is 0 Å². The summed E-state index contributed by atoms with van der Waals surface area (Å²) >= 11 is 0. The van der Waals surface area contributed by atoms with E-state index in [2.05, 4.69) is 31.3 Å². The average Bonchev–Trinajstić information content (AvgIpc) is 2.99. The van der Waals surface area contributed by atoms with E-state index in [0.717, 1.165) is 24.5 Å². The summed E-state index contributed by atoms with van der Waals surface area (Å²) in [6, 6.07) is 6.93. The van der Waals surface area contributed by atoms with Gasteiger partial charge in [-0.2, -0.15) is 0 Å². The van der Waals surface area contributed by atoms with E-state index < -0.39 is 0 Å². The molecule has 1 aromatic carbocycles. The molecule has 1 saturated carbocycles. The van der Waals surface area contributed by atoms with Crippen molar-refractivity contribution in [3.8, 4) is 11.5 Å². The third-order valence-electron chi connectivity index (χ3n) is 4.08. The van der Waals surface area contributed by atoms with Crippen molar-refractivity contribution in [2.75, 3.05) is 7.11 Å². The van der Waals surface area contributed by atoms with Crippen molar-refractivity contribution < 1.29 is 9.47 Å². The van der Waals surface area contributed by atoms with Crippen LogP contribution in [-0.4, -0.2) is 19.3 Å². The van der Waals surface area contributed by atoms with Gasteiger partial charge in [0.1, 0.15) is 0 Å². The van der Waals surface area contributed by atoms with Gasteiger partial charge in [0.15, 0.2) is 11.5 Å². The van der Waals surface area contributed by atoms with Gasteiger partial charge >= 0.3 is 0 Å². The second kappa shape index (κ2) is 7.53. The molecule has 20 heavy (non-hydrogen) atoms. The summed E-state index contributed by atoms with van der Waals surface area (Å²) in [5.74, 6) is 1.67. The lowest BCUT2D eigenvalue weighted by molar-refractivity contribution is 0.207. The maximum atomic E-state index is 5.87. The van der Waals surface area contributed by atoms with Crippen molar-refractivity contribution >= 4 is 0 Å². The summed E-state index contributed by atoms with van der Waals surface area (Å²) in [6.07, 6.45) is 6.56. The Morgan fingerprint density at radius 3 is 2.65 bits per heavy atom. The Morgan fingerprint density at radius 1 is 1.25 bits per heavy atom. The molecule has 3 nitrogen and oxygen atoms in total. The molecule has 1 fully saturated rings. The van der Waals surface area contributed by atoms with Crippen LogP contribution in [0.5, 0.6) is 11.5 Å². The van der Waals surface area contributed by atoms with Gasteiger partial charge in [-0.05, 0) is 43.9 Å². The highest BCUT2D eigenvalue weighted by atomic mass is 16.5. The minimum atomic E-state index is 0.214. The zero-order chi connectivity index (χ0) is 14.4. The van der Waals surface area contributed by atoms with Crippen LogP contribution in [0, 0.1) is 0 Å². The van der Waals surface area contributed by atoms with Gasteiger partial charge in [0.05, 0.1) is 13.2 Å². The first-order valence-corrected chi connectivity index (χ1v) is 7.80. The molecule has 112 valence electrons. The third kappa shape index (κ3) is 4.14. The molecule has 0 saturated heterocycles. The molecular weight excluding hydrogens is 250 g/mol. The Hall–Kier alpha value is -1.22. The predicted molar refractivity (Wildman–Crippen MR) is 82.5 cm³/mol. The normalized spacial score (nSPS) is 17.1. The molecule has 2 rings (SSSR count). The first-order chi connectivity index (χ1) is 9.72. The van der Waals surface area contributed by atoms with Gasteiger partial charge < -0.3 is 14.8 Å². The Bertz CT molecular complexity index is 413. The van der Waals surface area contributed by atoms with Crippen molar-refractivity contribution in [1.29, 1.82) is 0 Å². The van der Waals surface area contributed by atoms with E-state index in [-0.39, 0.29) is 6.10 Å². The van der Waals surface area contributed by atoms with E-state index in [1.54, 1.807) is 7.11 Å². The molecule has 0 radical (unpaired) electrons. The van der Waals surface area contributed by atoms with Crippen LogP contribution < -0.4 is 14.8 Å². The van der Waals surface area contributed by atoms with Crippen LogP contribution in [-0.2, 0) is 6.54 Å². The summed E-state index contributed by atoms with van der Waals surface area (Å²) in [6.45, 7) is 5.11. The number of hydrogen-bond acceptors (Lipinski definition) is 3. The predicted octanol–water partition coefficient (Wildman–Crippen LogP) is 3.90. The number of ether oxygens (including phenoxy) is 2. The quantitative estimate of drug-likeness (QED) is 0.820. The van der Waals surface area contributed by atoms with E-state index in [4.69, 9.17) is 9.47 Å². The highest BCUT2D eigenvalue weighted by molar-refractivity contribution is 5.43. The third-order valence-corrected chi connectivity index (χ3v) is 4.08. The number of nitrogens with one attached hydrogen (secondary N) is 1. The molecule has 0 aliphatic heterocycles. The number of methoxy groups -OCH3 is 1. The first-order valence-electron chi connectivity index (χ1n) is 7.80. The maximum Gasteiger partial charge on any atom is 0.161 e. The Kier molecular flexibility index (Phi) is 5.72. The Labute approximate surface area is 122 Å². The molecule has 1 aliphatic rings. The standard InChI is InChI=1S/C17H27NO2/c1-4-13(2)20-16-10-9-14(11-17(16)19-3)12-18-15-7-5-6-8-15/h9-11,13,15,18H,4-8,12H2,1-3H3. The van der Waals surface area contributed by atoms with Crippen molar-refractivity contribution in [2.24, 2.45) is 0 Å². The van der Waals surface area contributed by atoms with Crippen LogP contribution >= 0.6 is 0 Å². The summed E-state index contributed by atoms with van der Waals surface area (Å²) in [5, 5.41) is 3.62. The smallest absolute Gasteiger partial charge is 0.161 e. The van der Waals surface area contributed by atoms with Crippen molar-refractivity contribution in [3.63, 3.8) is 0 Å². The first kappa shape index (κ1) is 15.2. The highest BCUT2D eigenvalue weighted by Gasteiger charge is 2.14. The van der Waals surface area contributed by atoms with Crippen LogP contribution in [0.15, 0.2) is 18.2 Å². The van der Waals surface area contributed by atoms with E-state index >= 15 is 0 Å². The zero-order valence-electron chi connectivity index (χ0n) is 12.9. The number of rotatable bonds is 7. The van der Waals surface area contributed by atoms with Gasteiger partial charge in [-0.1, -0.05) is 25.8 Å². The second-order valence-corrected chi connectivity index (χ2v) is 5.68. The lowest BCUT2D eigenvalue weighted by atomic mass is 10.1. The average molecular weight is 277 g/mol. The largest absolute Gasteiger partial charge is 0.493 e. The fourth-order valence-electron chi connectivity index (χ4n) is 2.61. The molecular formula is C17H27NO2. The molecule has 0 spiro atoms. The monoisotopic (exact) mass is 277 g/mol. The Morgan fingerprint density at radius 2 is 2.00 bits per heavy atom.